The number of aliphatic hydroxyl groups excluding tert-OH is 1. The topological polar surface area (TPSA) is 93.9 Å². The molecule has 0 bridgehead atoms. The van der Waals surface area contributed by atoms with Crippen LogP contribution in [0.4, 0.5) is 11.6 Å². The Morgan fingerprint density at radius 2 is 1.89 bits per heavy atom. The minimum absolute atomic E-state index is 0.166. The number of nitrogens with zero attached hydrogens (tertiary/aromatic N) is 2. The lowest BCUT2D eigenvalue weighted by atomic mass is 9.93. The van der Waals surface area contributed by atoms with Gasteiger partial charge in [-0.05, 0) is 32.6 Å². The fourth-order valence-electron chi connectivity index (χ4n) is 2.45. The summed E-state index contributed by atoms with van der Waals surface area (Å²) in [6.07, 6.45) is 4.83. The molecule has 0 amide bonds. The number of nitrogens with one attached hydrogen (secondary N) is 3. The van der Waals surface area contributed by atoms with Crippen molar-refractivity contribution >= 4 is 17.3 Å². The summed E-state index contributed by atoms with van der Waals surface area (Å²) >= 11 is 0. The molecule has 0 aliphatic heterocycles. The number of aliphatic hydroxyl groups is 1. The summed E-state index contributed by atoms with van der Waals surface area (Å²) in [5, 5.41) is 23.8. The molecule has 1 aliphatic carbocycles. The molecule has 0 unspecified atom stereocenters. The van der Waals surface area contributed by atoms with Crippen LogP contribution in [0, 0.1) is 5.41 Å². The number of anilines is 2. The van der Waals surface area contributed by atoms with E-state index in [0.717, 1.165) is 31.2 Å². The second-order valence-electron chi connectivity index (χ2n) is 4.97. The van der Waals surface area contributed by atoms with Crippen LogP contribution in [0.3, 0.4) is 0 Å². The van der Waals surface area contributed by atoms with Gasteiger partial charge in [-0.1, -0.05) is 0 Å². The van der Waals surface area contributed by atoms with E-state index in [1.54, 1.807) is 14.0 Å². The van der Waals surface area contributed by atoms with Gasteiger partial charge in [0.15, 0.2) is 0 Å². The molecule has 0 atom stereocenters. The Hall–Kier alpha value is -1.69. The fraction of sp³-hybridized carbons (Fsp3) is 0.615. The zero-order valence-corrected chi connectivity index (χ0v) is 11.4. The van der Waals surface area contributed by atoms with E-state index < -0.39 is 0 Å². The summed E-state index contributed by atoms with van der Waals surface area (Å²) < 4.78 is 0. The molecule has 1 aromatic rings. The molecular weight excluding hydrogens is 242 g/mol. The van der Waals surface area contributed by atoms with Crippen molar-refractivity contribution in [2.24, 2.45) is 0 Å². The highest BCUT2D eigenvalue weighted by molar-refractivity contribution is 6.04. The molecular formula is C13H21N5O. The van der Waals surface area contributed by atoms with E-state index in [2.05, 4.69) is 20.6 Å². The first-order valence-electron chi connectivity index (χ1n) is 6.64. The molecule has 6 heteroatoms. The minimum atomic E-state index is -0.166. The van der Waals surface area contributed by atoms with Crippen LogP contribution in [0.1, 0.15) is 38.2 Å². The average Bonchev–Trinajstić information content (AvgIpc) is 2.40. The standard InChI is InChI=1S/C13H21N5O/c1-8(14)11-12(15-2)16-7-17-13(11)18-9-3-5-10(19)6-4-9/h7,9-10,14,19H,3-6H2,1-2H3,(H2,15,16,17,18). The van der Waals surface area contributed by atoms with E-state index in [-0.39, 0.29) is 6.10 Å². The first-order chi connectivity index (χ1) is 9.11. The number of aromatic nitrogens is 2. The summed E-state index contributed by atoms with van der Waals surface area (Å²) in [7, 11) is 1.79. The van der Waals surface area contributed by atoms with Gasteiger partial charge in [0.1, 0.15) is 18.0 Å². The molecule has 1 heterocycles. The van der Waals surface area contributed by atoms with Gasteiger partial charge < -0.3 is 21.1 Å². The van der Waals surface area contributed by atoms with Gasteiger partial charge in [0.05, 0.1) is 11.7 Å². The van der Waals surface area contributed by atoms with Crippen LogP contribution >= 0.6 is 0 Å². The Morgan fingerprint density at radius 1 is 1.26 bits per heavy atom. The predicted octanol–water partition coefficient (Wildman–Crippen LogP) is 1.62. The molecule has 1 aromatic heterocycles. The van der Waals surface area contributed by atoms with Crippen LogP contribution in [-0.2, 0) is 0 Å². The van der Waals surface area contributed by atoms with Gasteiger partial charge in [-0.15, -0.1) is 0 Å². The van der Waals surface area contributed by atoms with Gasteiger partial charge in [0.2, 0.25) is 0 Å². The average molecular weight is 263 g/mol. The smallest absolute Gasteiger partial charge is 0.140 e. The third-order valence-electron chi connectivity index (χ3n) is 3.50. The Kier molecular flexibility index (Phi) is 4.31. The van der Waals surface area contributed by atoms with Crippen molar-refractivity contribution in [1.82, 2.24) is 9.97 Å². The zero-order chi connectivity index (χ0) is 13.8. The highest BCUT2D eigenvalue weighted by atomic mass is 16.3. The van der Waals surface area contributed by atoms with E-state index in [9.17, 15) is 5.11 Å². The van der Waals surface area contributed by atoms with Crippen molar-refractivity contribution < 1.29 is 5.11 Å². The minimum Gasteiger partial charge on any atom is -0.393 e. The van der Waals surface area contributed by atoms with Crippen molar-refractivity contribution in [1.29, 1.82) is 5.41 Å². The number of rotatable bonds is 4. The number of hydrogen-bond acceptors (Lipinski definition) is 6. The van der Waals surface area contributed by atoms with Crippen LogP contribution in [0.25, 0.3) is 0 Å². The van der Waals surface area contributed by atoms with Crippen LogP contribution in [-0.4, -0.2) is 40.0 Å². The fourth-order valence-corrected chi connectivity index (χ4v) is 2.45. The van der Waals surface area contributed by atoms with Crippen molar-refractivity contribution in [3.05, 3.63) is 11.9 Å². The van der Waals surface area contributed by atoms with E-state index in [4.69, 9.17) is 5.41 Å². The molecule has 0 aromatic carbocycles. The van der Waals surface area contributed by atoms with Crippen LogP contribution in [0.5, 0.6) is 0 Å². The van der Waals surface area contributed by atoms with Gasteiger partial charge in [-0.2, -0.15) is 0 Å². The number of hydrogen-bond donors (Lipinski definition) is 4. The second-order valence-corrected chi connectivity index (χ2v) is 4.97. The van der Waals surface area contributed by atoms with E-state index >= 15 is 0 Å². The monoisotopic (exact) mass is 263 g/mol. The third-order valence-corrected chi connectivity index (χ3v) is 3.50. The molecule has 4 N–H and O–H groups in total. The Labute approximate surface area is 113 Å². The molecule has 0 spiro atoms. The van der Waals surface area contributed by atoms with Crippen LogP contribution in [0.2, 0.25) is 0 Å². The van der Waals surface area contributed by atoms with Crippen LogP contribution < -0.4 is 10.6 Å². The summed E-state index contributed by atoms with van der Waals surface area (Å²) in [6.45, 7) is 1.73. The first-order valence-corrected chi connectivity index (χ1v) is 6.64. The Bertz CT molecular complexity index is 454. The predicted molar refractivity (Wildman–Crippen MR) is 76.0 cm³/mol. The zero-order valence-electron chi connectivity index (χ0n) is 11.4. The lowest BCUT2D eigenvalue weighted by molar-refractivity contribution is 0.126. The highest BCUT2D eigenvalue weighted by Crippen LogP contribution is 2.25. The van der Waals surface area contributed by atoms with Gasteiger partial charge in [0, 0.05) is 18.8 Å². The van der Waals surface area contributed by atoms with E-state index in [0.29, 0.717) is 23.4 Å². The van der Waals surface area contributed by atoms with Crippen LogP contribution in [0.15, 0.2) is 6.33 Å². The molecule has 6 nitrogen and oxygen atoms in total. The first kappa shape index (κ1) is 13.7. The van der Waals surface area contributed by atoms with Gasteiger partial charge in [0.25, 0.3) is 0 Å². The lowest BCUT2D eigenvalue weighted by Crippen LogP contribution is -2.29. The molecule has 0 saturated heterocycles. The summed E-state index contributed by atoms with van der Waals surface area (Å²) in [6, 6.07) is 0.307. The molecule has 1 fully saturated rings. The molecule has 2 rings (SSSR count). The molecule has 1 saturated carbocycles. The Balaban J connectivity index is 2.17. The maximum atomic E-state index is 9.52. The Morgan fingerprint density at radius 3 is 2.47 bits per heavy atom. The van der Waals surface area contributed by atoms with Gasteiger partial charge in [-0.3, -0.25) is 0 Å². The quantitative estimate of drug-likeness (QED) is 0.619. The van der Waals surface area contributed by atoms with E-state index in [1.165, 1.54) is 6.33 Å². The SMILES string of the molecule is CNc1ncnc(NC2CCC(O)CC2)c1C(C)=N. The molecule has 19 heavy (non-hydrogen) atoms. The van der Waals surface area contributed by atoms with Gasteiger partial charge in [-0.25, -0.2) is 9.97 Å². The van der Waals surface area contributed by atoms with Crippen molar-refractivity contribution in [2.75, 3.05) is 17.7 Å². The van der Waals surface area contributed by atoms with Gasteiger partial charge >= 0.3 is 0 Å². The normalized spacial score (nSPS) is 22.9. The van der Waals surface area contributed by atoms with E-state index in [1.807, 2.05) is 0 Å². The van der Waals surface area contributed by atoms with Crippen molar-refractivity contribution in [2.45, 2.75) is 44.8 Å². The second kappa shape index (κ2) is 5.97. The molecule has 1 aliphatic rings. The third kappa shape index (κ3) is 3.20. The largest absolute Gasteiger partial charge is 0.393 e. The maximum absolute atomic E-state index is 9.52. The maximum Gasteiger partial charge on any atom is 0.140 e. The lowest BCUT2D eigenvalue weighted by Gasteiger charge is -2.27. The van der Waals surface area contributed by atoms with Crippen molar-refractivity contribution in [3.63, 3.8) is 0 Å². The summed E-state index contributed by atoms with van der Waals surface area (Å²) in [5.74, 6) is 1.37. The van der Waals surface area contributed by atoms with Crippen molar-refractivity contribution in [3.8, 4) is 0 Å². The molecule has 0 radical (unpaired) electrons. The molecule has 104 valence electrons. The summed E-state index contributed by atoms with van der Waals surface area (Å²) in [5.41, 5.74) is 1.15. The summed E-state index contributed by atoms with van der Waals surface area (Å²) in [4.78, 5) is 8.40. The highest BCUT2D eigenvalue weighted by Gasteiger charge is 2.21.